The van der Waals surface area contributed by atoms with Gasteiger partial charge in [0.05, 0.1) is 23.6 Å². The van der Waals surface area contributed by atoms with Crippen LogP contribution in [0.25, 0.3) is 0 Å². The van der Waals surface area contributed by atoms with Crippen LogP contribution in [0.15, 0.2) is 29.2 Å². The molecule has 1 aromatic carbocycles. The molecule has 3 aliphatic rings. The maximum atomic E-state index is 11.9. The van der Waals surface area contributed by atoms with Crippen molar-refractivity contribution in [3.8, 4) is 0 Å². The van der Waals surface area contributed by atoms with E-state index in [9.17, 15) is 13.5 Å². The summed E-state index contributed by atoms with van der Waals surface area (Å²) >= 11 is 0. The van der Waals surface area contributed by atoms with E-state index in [0.29, 0.717) is 13.0 Å². The summed E-state index contributed by atoms with van der Waals surface area (Å²) in [6.07, 6.45) is 0.141. The van der Waals surface area contributed by atoms with Gasteiger partial charge in [-0.05, 0) is 24.1 Å². The molecule has 5 nitrogen and oxygen atoms in total. The zero-order valence-electron chi connectivity index (χ0n) is 9.82. The lowest BCUT2D eigenvalue weighted by atomic mass is 10.1. The average Bonchev–Trinajstić information content (AvgIpc) is 2.69. The summed E-state index contributed by atoms with van der Waals surface area (Å²) in [5.74, 6) is 0. The Morgan fingerprint density at radius 2 is 1.95 bits per heavy atom. The molecule has 2 atom stereocenters. The van der Waals surface area contributed by atoms with E-state index in [4.69, 9.17) is 4.18 Å². The standard InChI is InChI=1S/C12H15NO4S.CH4/c14-12-5-6-13-7-9-1-3-10(4-2-9)18(15,16)17-8-11(12)13;/h1-4,11-12,14H,5-8H2;1H4/t11?,12-;/m1./s1. The van der Waals surface area contributed by atoms with Crippen LogP contribution in [0.5, 0.6) is 0 Å². The normalized spacial score (nSPS) is 29.5. The molecule has 2 bridgehead atoms. The highest BCUT2D eigenvalue weighted by atomic mass is 32.2. The predicted octanol–water partition coefficient (Wildman–Crippen LogP) is 0.977. The van der Waals surface area contributed by atoms with E-state index in [0.717, 1.165) is 12.1 Å². The molecule has 0 saturated carbocycles. The zero-order valence-corrected chi connectivity index (χ0v) is 10.6. The molecular formula is C13H19NO4S. The lowest BCUT2D eigenvalue weighted by molar-refractivity contribution is 0.0778. The fraction of sp³-hybridized carbons (Fsp3) is 0.538. The third-order valence-corrected chi connectivity index (χ3v) is 4.91. The summed E-state index contributed by atoms with van der Waals surface area (Å²) in [5, 5.41) is 9.88. The molecule has 0 amide bonds. The molecule has 6 heteroatoms. The second-order valence-corrected chi connectivity index (χ2v) is 6.39. The van der Waals surface area contributed by atoms with Crippen molar-refractivity contribution in [1.82, 2.24) is 4.90 Å². The van der Waals surface area contributed by atoms with Crippen LogP contribution in [-0.2, 0) is 20.8 Å². The van der Waals surface area contributed by atoms with Gasteiger partial charge >= 0.3 is 0 Å². The molecule has 4 rings (SSSR count). The fourth-order valence-electron chi connectivity index (χ4n) is 2.54. The van der Waals surface area contributed by atoms with Gasteiger partial charge in [-0.1, -0.05) is 19.6 Å². The van der Waals surface area contributed by atoms with Crippen LogP contribution in [-0.4, -0.2) is 43.7 Å². The van der Waals surface area contributed by atoms with Crippen molar-refractivity contribution in [2.45, 2.75) is 37.4 Å². The molecule has 3 heterocycles. The van der Waals surface area contributed by atoms with Gasteiger partial charge in [-0.15, -0.1) is 0 Å². The Morgan fingerprint density at radius 3 is 2.63 bits per heavy atom. The van der Waals surface area contributed by atoms with E-state index in [-0.39, 0.29) is 25.0 Å². The summed E-state index contributed by atoms with van der Waals surface area (Å²) in [5.41, 5.74) is 1.05. The highest BCUT2D eigenvalue weighted by molar-refractivity contribution is 7.86. The van der Waals surface area contributed by atoms with Crippen molar-refractivity contribution in [2.75, 3.05) is 13.2 Å². The number of rotatable bonds is 0. The Labute approximate surface area is 113 Å². The van der Waals surface area contributed by atoms with Crippen LogP contribution < -0.4 is 0 Å². The number of benzene rings is 1. The summed E-state index contributed by atoms with van der Waals surface area (Å²) in [7, 11) is -3.71. The second-order valence-electron chi connectivity index (χ2n) is 4.78. The Balaban J connectivity index is 0.00000133. The monoisotopic (exact) mass is 285 g/mol. The number of nitrogens with zero attached hydrogens (tertiary/aromatic N) is 1. The molecule has 0 radical (unpaired) electrons. The molecule has 0 spiro atoms. The number of fused-ring (bicyclic) bond motifs is 4. The maximum absolute atomic E-state index is 11.9. The van der Waals surface area contributed by atoms with Gasteiger partial charge in [-0.3, -0.25) is 9.08 Å². The molecule has 106 valence electrons. The Hall–Kier alpha value is -0.950. The third kappa shape index (κ3) is 2.67. The molecule has 0 aromatic heterocycles. The molecule has 1 fully saturated rings. The van der Waals surface area contributed by atoms with Crippen LogP contribution in [0, 0.1) is 0 Å². The van der Waals surface area contributed by atoms with Crippen LogP contribution in [0.2, 0.25) is 0 Å². The predicted molar refractivity (Wildman–Crippen MR) is 71.1 cm³/mol. The first kappa shape index (κ1) is 14.5. The van der Waals surface area contributed by atoms with Gasteiger partial charge in [-0.2, -0.15) is 8.42 Å². The molecule has 1 aromatic rings. The highest BCUT2D eigenvalue weighted by Crippen LogP contribution is 2.25. The van der Waals surface area contributed by atoms with E-state index < -0.39 is 16.2 Å². The SMILES string of the molecule is C.O=S1(=O)OCC2[C@H](O)CCN2Cc2ccc1cc2. The van der Waals surface area contributed by atoms with Crippen LogP contribution in [0.1, 0.15) is 19.4 Å². The molecular weight excluding hydrogens is 266 g/mol. The van der Waals surface area contributed by atoms with E-state index in [1.54, 1.807) is 24.3 Å². The smallest absolute Gasteiger partial charge is 0.297 e. The molecule has 1 N–H and O–H groups in total. The number of hydrogen-bond donors (Lipinski definition) is 1. The summed E-state index contributed by atoms with van der Waals surface area (Å²) < 4.78 is 28.8. The van der Waals surface area contributed by atoms with Crippen LogP contribution >= 0.6 is 0 Å². The molecule has 3 aliphatic heterocycles. The lowest BCUT2D eigenvalue weighted by Gasteiger charge is -2.27. The van der Waals surface area contributed by atoms with Gasteiger partial charge in [0.15, 0.2) is 0 Å². The van der Waals surface area contributed by atoms with E-state index in [1.807, 2.05) is 0 Å². The number of aliphatic hydroxyl groups is 1. The van der Waals surface area contributed by atoms with Gasteiger partial charge in [0, 0.05) is 13.1 Å². The number of hydrogen-bond acceptors (Lipinski definition) is 5. The van der Waals surface area contributed by atoms with Gasteiger partial charge < -0.3 is 5.11 Å². The third-order valence-electron chi connectivity index (χ3n) is 3.62. The first-order valence-corrected chi connectivity index (χ1v) is 7.37. The summed E-state index contributed by atoms with van der Waals surface area (Å²) in [6, 6.07) is 6.48. The first-order valence-electron chi connectivity index (χ1n) is 5.97. The Morgan fingerprint density at radius 1 is 1.26 bits per heavy atom. The van der Waals surface area contributed by atoms with Gasteiger partial charge in [-0.25, -0.2) is 0 Å². The quantitative estimate of drug-likeness (QED) is 0.720. The highest BCUT2D eigenvalue weighted by Gasteiger charge is 2.35. The Bertz CT molecular complexity index is 540. The zero-order chi connectivity index (χ0) is 12.8. The van der Waals surface area contributed by atoms with Gasteiger partial charge in [0.2, 0.25) is 0 Å². The second kappa shape index (κ2) is 5.20. The maximum Gasteiger partial charge on any atom is 0.297 e. The molecule has 19 heavy (non-hydrogen) atoms. The lowest BCUT2D eigenvalue weighted by Crippen LogP contribution is -2.39. The van der Waals surface area contributed by atoms with Gasteiger partial charge in [0.1, 0.15) is 0 Å². The van der Waals surface area contributed by atoms with Crippen molar-refractivity contribution in [3.63, 3.8) is 0 Å². The largest absolute Gasteiger partial charge is 0.391 e. The fourth-order valence-corrected chi connectivity index (χ4v) is 3.46. The minimum absolute atomic E-state index is 0. The average molecular weight is 285 g/mol. The molecule has 0 aliphatic carbocycles. The van der Waals surface area contributed by atoms with Crippen molar-refractivity contribution >= 4 is 10.1 Å². The Kier molecular flexibility index (Phi) is 3.96. The molecule has 1 unspecified atom stereocenters. The van der Waals surface area contributed by atoms with Crippen molar-refractivity contribution < 1.29 is 17.7 Å². The summed E-state index contributed by atoms with van der Waals surface area (Å²) in [4.78, 5) is 2.24. The van der Waals surface area contributed by atoms with Crippen molar-refractivity contribution in [1.29, 1.82) is 0 Å². The van der Waals surface area contributed by atoms with Crippen molar-refractivity contribution in [2.24, 2.45) is 0 Å². The number of aliphatic hydroxyl groups excluding tert-OH is 1. The topological polar surface area (TPSA) is 66.8 Å². The van der Waals surface area contributed by atoms with Crippen LogP contribution in [0.4, 0.5) is 0 Å². The minimum Gasteiger partial charge on any atom is -0.391 e. The van der Waals surface area contributed by atoms with Crippen molar-refractivity contribution in [3.05, 3.63) is 29.8 Å². The minimum atomic E-state index is -3.71. The van der Waals surface area contributed by atoms with Gasteiger partial charge in [0.25, 0.3) is 10.1 Å². The summed E-state index contributed by atoms with van der Waals surface area (Å²) in [6.45, 7) is 1.49. The van der Waals surface area contributed by atoms with E-state index in [2.05, 4.69) is 4.90 Å². The van der Waals surface area contributed by atoms with E-state index >= 15 is 0 Å². The molecule has 1 saturated heterocycles. The van der Waals surface area contributed by atoms with Crippen LogP contribution in [0.3, 0.4) is 0 Å². The van der Waals surface area contributed by atoms with E-state index in [1.165, 1.54) is 0 Å². The first-order chi connectivity index (χ1) is 8.56.